The molecule has 5 heteroatoms. The molecule has 2 aromatic rings. The standard InChI is InChI=1S/C16H16F2N2O/c1-8-6-9(2)15(10(3)7-8)20-16(21)13-11(17)4-5-12(19)14(13)18/h4-7H,19H2,1-3H3,(H,20,21). The second-order valence-corrected chi connectivity index (χ2v) is 5.05. The van der Waals surface area contributed by atoms with Crippen LogP contribution in [-0.4, -0.2) is 5.91 Å². The smallest absolute Gasteiger partial charge is 0.261 e. The van der Waals surface area contributed by atoms with E-state index in [1.807, 2.05) is 32.9 Å². The molecule has 3 nitrogen and oxygen atoms in total. The third kappa shape index (κ3) is 2.86. The zero-order valence-electron chi connectivity index (χ0n) is 12.1. The molecule has 110 valence electrons. The molecule has 21 heavy (non-hydrogen) atoms. The van der Waals surface area contributed by atoms with Gasteiger partial charge in [0.1, 0.15) is 11.4 Å². The van der Waals surface area contributed by atoms with Gasteiger partial charge >= 0.3 is 0 Å². The predicted molar refractivity (Wildman–Crippen MR) is 79.4 cm³/mol. The summed E-state index contributed by atoms with van der Waals surface area (Å²) < 4.78 is 27.5. The number of nitrogens with one attached hydrogen (secondary N) is 1. The van der Waals surface area contributed by atoms with Gasteiger partial charge in [-0.1, -0.05) is 17.7 Å². The highest BCUT2D eigenvalue weighted by atomic mass is 19.1. The number of carbonyl (C=O) groups is 1. The summed E-state index contributed by atoms with van der Waals surface area (Å²) in [6.45, 7) is 5.58. The van der Waals surface area contributed by atoms with Gasteiger partial charge in [0.25, 0.3) is 5.91 Å². The van der Waals surface area contributed by atoms with Crippen LogP contribution in [0, 0.1) is 32.4 Å². The lowest BCUT2D eigenvalue weighted by atomic mass is 10.0. The third-order valence-corrected chi connectivity index (χ3v) is 3.26. The first kappa shape index (κ1) is 15.0. The van der Waals surface area contributed by atoms with Gasteiger partial charge in [-0.2, -0.15) is 0 Å². The van der Waals surface area contributed by atoms with Crippen LogP contribution in [0.3, 0.4) is 0 Å². The summed E-state index contributed by atoms with van der Waals surface area (Å²) >= 11 is 0. The van der Waals surface area contributed by atoms with E-state index < -0.39 is 23.1 Å². The van der Waals surface area contributed by atoms with E-state index in [1.54, 1.807) is 0 Å². The number of amides is 1. The second-order valence-electron chi connectivity index (χ2n) is 5.05. The average molecular weight is 290 g/mol. The summed E-state index contributed by atoms with van der Waals surface area (Å²) in [4.78, 5) is 12.2. The summed E-state index contributed by atoms with van der Waals surface area (Å²) in [5, 5.41) is 2.56. The van der Waals surface area contributed by atoms with E-state index in [1.165, 1.54) is 0 Å². The Labute approximate surface area is 121 Å². The molecule has 2 aromatic carbocycles. The fraction of sp³-hybridized carbons (Fsp3) is 0.188. The van der Waals surface area contributed by atoms with Crippen LogP contribution >= 0.6 is 0 Å². The number of hydrogen-bond donors (Lipinski definition) is 2. The molecule has 0 heterocycles. The normalized spacial score (nSPS) is 10.5. The molecule has 0 aromatic heterocycles. The lowest BCUT2D eigenvalue weighted by Crippen LogP contribution is -2.18. The predicted octanol–water partition coefficient (Wildman–Crippen LogP) is 3.72. The zero-order valence-corrected chi connectivity index (χ0v) is 12.1. The first-order chi connectivity index (χ1) is 9.81. The van der Waals surface area contributed by atoms with Crippen molar-refractivity contribution < 1.29 is 13.6 Å². The average Bonchev–Trinajstić information content (AvgIpc) is 2.38. The van der Waals surface area contributed by atoms with E-state index in [9.17, 15) is 13.6 Å². The number of benzene rings is 2. The third-order valence-electron chi connectivity index (χ3n) is 3.26. The molecular weight excluding hydrogens is 274 g/mol. The van der Waals surface area contributed by atoms with Gasteiger partial charge in [0, 0.05) is 5.69 Å². The van der Waals surface area contributed by atoms with Crippen LogP contribution in [-0.2, 0) is 0 Å². The van der Waals surface area contributed by atoms with Crippen LogP contribution in [0.2, 0.25) is 0 Å². The summed E-state index contributed by atoms with van der Waals surface area (Å²) in [5.74, 6) is -2.84. The Morgan fingerprint density at radius 1 is 1.10 bits per heavy atom. The minimum Gasteiger partial charge on any atom is -0.396 e. The first-order valence-electron chi connectivity index (χ1n) is 6.44. The van der Waals surface area contributed by atoms with Gasteiger partial charge in [0.2, 0.25) is 0 Å². The molecule has 0 saturated carbocycles. The van der Waals surface area contributed by atoms with Crippen molar-refractivity contribution in [2.24, 2.45) is 0 Å². The molecule has 2 rings (SSSR count). The maximum atomic E-state index is 13.9. The van der Waals surface area contributed by atoms with Crippen molar-refractivity contribution in [1.29, 1.82) is 0 Å². The highest BCUT2D eigenvalue weighted by Gasteiger charge is 2.20. The van der Waals surface area contributed by atoms with Crippen molar-refractivity contribution in [1.82, 2.24) is 0 Å². The fourth-order valence-corrected chi connectivity index (χ4v) is 2.33. The Morgan fingerprint density at radius 2 is 1.67 bits per heavy atom. The van der Waals surface area contributed by atoms with E-state index in [-0.39, 0.29) is 5.69 Å². The maximum Gasteiger partial charge on any atom is 0.261 e. The Hall–Kier alpha value is -2.43. The van der Waals surface area contributed by atoms with Gasteiger partial charge in [0.05, 0.1) is 5.69 Å². The molecular formula is C16H16F2N2O. The number of nitrogen functional groups attached to an aromatic ring is 1. The number of aryl methyl sites for hydroxylation is 3. The Balaban J connectivity index is 2.42. The molecule has 0 aliphatic carbocycles. The fourth-order valence-electron chi connectivity index (χ4n) is 2.33. The van der Waals surface area contributed by atoms with Gasteiger partial charge < -0.3 is 11.1 Å². The van der Waals surface area contributed by atoms with E-state index in [0.29, 0.717) is 5.69 Å². The minimum atomic E-state index is -1.05. The van der Waals surface area contributed by atoms with Crippen molar-refractivity contribution in [3.8, 4) is 0 Å². The van der Waals surface area contributed by atoms with Crippen molar-refractivity contribution in [2.45, 2.75) is 20.8 Å². The van der Waals surface area contributed by atoms with E-state index in [2.05, 4.69) is 5.32 Å². The Morgan fingerprint density at radius 3 is 2.24 bits per heavy atom. The van der Waals surface area contributed by atoms with Crippen LogP contribution in [0.4, 0.5) is 20.2 Å². The Bertz CT molecular complexity index is 703. The zero-order chi connectivity index (χ0) is 15.7. The molecule has 0 saturated heterocycles. The number of anilines is 2. The van der Waals surface area contributed by atoms with Crippen molar-refractivity contribution >= 4 is 17.3 Å². The van der Waals surface area contributed by atoms with Gasteiger partial charge in [0.15, 0.2) is 5.82 Å². The molecule has 0 spiro atoms. The number of hydrogen-bond acceptors (Lipinski definition) is 2. The number of rotatable bonds is 2. The molecule has 0 aliphatic rings. The quantitative estimate of drug-likeness (QED) is 0.828. The monoisotopic (exact) mass is 290 g/mol. The van der Waals surface area contributed by atoms with E-state index >= 15 is 0 Å². The Kier molecular flexibility index (Phi) is 3.93. The number of nitrogens with two attached hydrogens (primary N) is 1. The van der Waals surface area contributed by atoms with E-state index in [4.69, 9.17) is 5.73 Å². The number of carbonyl (C=O) groups excluding carboxylic acids is 1. The highest BCUT2D eigenvalue weighted by Crippen LogP contribution is 2.25. The molecule has 0 radical (unpaired) electrons. The lowest BCUT2D eigenvalue weighted by Gasteiger charge is -2.14. The van der Waals surface area contributed by atoms with Gasteiger partial charge in [-0.05, 0) is 44.0 Å². The second kappa shape index (κ2) is 5.52. The molecule has 0 fully saturated rings. The summed E-state index contributed by atoms with van der Waals surface area (Å²) in [5.41, 5.74) is 7.68. The highest BCUT2D eigenvalue weighted by molar-refractivity contribution is 6.06. The summed E-state index contributed by atoms with van der Waals surface area (Å²) in [7, 11) is 0. The summed E-state index contributed by atoms with van der Waals surface area (Å²) in [6, 6.07) is 5.83. The van der Waals surface area contributed by atoms with Crippen LogP contribution in [0.25, 0.3) is 0 Å². The van der Waals surface area contributed by atoms with Crippen LogP contribution in [0.5, 0.6) is 0 Å². The largest absolute Gasteiger partial charge is 0.396 e. The topological polar surface area (TPSA) is 55.1 Å². The van der Waals surface area contributed by atoms with Crippen molar-refractivity contribution in [3.63, 3.8) is 0 Å². The molecule has 0 aliphatic heterocycles. The summed E-state index contributed by atoms with van der Waals surface area (Å²) in [6.07, 6.45) is 0. The SMILES string of the molecule is Cc1cc(C)c(NC(=O)c2c(F)ccc(N)c2F)c(C)c1. The number of halogens is 2. The molecule has 1 amide bonds. The maximum absolute atomic E-state index is 13.9. The van der Waals surface area contributed by atoms with Gasteiger partial charge in [-0.25, -0.2) is 8.78 Å². The molecule has 0 bridgehead atoms. The van der Waals surface area contributed by atoms with E-state index in [0.717, 1.165) is 28.8 Å². The van der Waals surface area contributed by atoms with Gasteiger partial charge in [-0.3, -0.25) is 4.79 Å². The molecule has 0 unspecified atom stereocenters. The van der Waals surface area contributed by atoms with Crippen LogP contribution < -0.4 is 11.1 Å². The molecule has 0 atom stereocenters. The van der Waals surface area contributed by atoms with Crippen LogP contribution in [0.15, 0.2) is 24.3 Å². The van der Waals surface area contributed by atoms with Crippen molar-refractivity contribution in [3.05, 3.63) is 58.2 Å². The van der Waals surface area contributed by atoms with Crippen molar-refractivity contribution in [2.75, 3.05) is 11.1 Å². The molecule has 3 N–H and O–H groups in total. The van der Waals surface area contributed by atoms with Crippen LogP contribution in [0.1, 0.15) is 27.0 Å². The minimum absolute atomic E-state index is 0.265. The lowest BCUT2D eigenvalue weighted by molar-refractivity contribution is 0.101. The van der Waals surface area contributed by atoms with Gasteiger partial charge in [-0.15, -0.1) is 0 Å². The first-order valence-corrected chi connectivity index (χ1v) is 6.44.